The highest BCUT2D eigenvalue weighted by atomic mass is 19.4. The molecule has 3 heterocycles. The first-order valence-electron chi connectivity index (χ1n) is 9.06. The fraction of sp³-hybridized carbons (Fsp3) is 0.389. The van der Waals surface area contributed by atoms with Crippen LogP contribution in [0.3, 0.4) is 0 Å². The Balaban J connectivity index is 1.47. The van der Waals surface area contributed by atoms with Crippen LogP contribution in [0.25, 0.3) is 5.65 Å². The molecule has 0 aliphatic carbocycles. The molecule has 12 heteroatoms. The van der Waals surface area contributed by atoms with Crippen molar-refractivity contribution in [2.45, 2.75) is 19.1 Å². The van der Waals surface area contributed by atoms with Crippen molar-refractivity contribution in [3.63, 3.8) is 0 Å². The van der Waals surface area contributed by atoms with Crippen molar-refractivity contribution in [1.82, 2.24) is 24.7 Å². The molecule has 1 aliphatic rings. The molecule has 0 atom stereocenters. The van der Waals surface area contributed by atoms with E-state index >= 15 is 0 Å². The fourth-order valence-electron chi connectivity index (χ4n) is 3.46. The molecule has 3 aromatic rings. The first-order chi connectivity index (χ1) is 14.2. The molecule has 1 aromatic carbocycles. The lowest BCUT2D eigenvalue weighted by atomic mass is 10.1. The predicted molar refractivity (Wildman–Crippen MR) is 94.6 cm³/mol. The molecule has 0 unspecified atom stereocenters. The Morgan fingerprint density at radius 3 is 2.37 bits per heavy atom. The Hall–Kier alpha value is -2.89. The lowest BCUT2D eigenvalue weighted by molar-refractivity contribution is -0.146. The maximum Gasteiger partial charge on any atom is 0.453 e. The number of alkyl halides is 5. The molecular weight excluding hydrogens is 414 g/mol. The summed E-state index contributed by atoms with van der Waals surface area (Å²) in [5.74, 6) is -1.82. The second-order valence-electron chi connectivity index (χ2n) is 6.86. The van der Waals surface area contributed by atoms with E-state index in [0.717, 1.165) is 6.07 Å². The number of anilines is 1. The van der Waals surface area contributed by atoms with Crippen LogP contribution >= 0.6 is 0 Å². The summed E-state index contributed by atoms with van der Waals surface area (Å²) in [5, 5.41) is 10.6. The summed E-state index contributed by atoms with van der Waals surface area (Å²) in [5.41, 5.74) is -0.396. The molecule has 0 N–H and O–H groups in total. The Morgan fingerprint density at radius 1 is 0.967 bits per heavy atom. The topological polar surface area (TPSA) is 49.6 Å². The van der Waals surface area contributed by atoms with Crippen LogP contribution in [-0.4, -0.2) is 50.9 Å². The molecule has 30 heavy (non-hydrogen) atoms. The quantitative estimate of drug-likeness (QED) is 0.593. The number of aromatic nitrogens is 4. The summed E-state index contributed by atoms with van der Waals surface area (Å²) < 4.78 is 79.9. The minimum atomic E-state index is -4.68. The van der Waals surface area contributed by atoms with E-state index < -0.39 is 29.8 Å². The first-order valence-corrected chi connectivity index (χ1v) is 9.06. The third-order valence-electron chi connectivity index (χ3n) is 4.95. The number of piperazine rings is 1. The van der Waals surface area contributed by atoms with Gasteiger partial charge in [0.1, 0.15) is 11.6 Å². The van der Waals surface area contributed by atoms with E-state index in [-0.39, 0.29) is 17.8 Å². The first kappa shape index (κ1) is 20.4. The Morgan fingerprint density at radius 2 is 1.70 bits per heavy atom. The summed E-state index contributed by atoms with van der Waals surface area (Å²) in [6, 6.07) is 6.82. The van der Waals surface area contributed by atoms with Crippen molar-refractivity contribution >= 4 is 11.5 Å². The van der Waals surface area contributed by atoms with Gasteiger partial charge in [0, 0.05) is 32.7 Å². The van der Waals surface area contributed by atoms with Gasteiger partial charge in [-0.3, -0.25) is 4.90 Å². The van der Waals surface area contributed by atoms with Crippen molar-refractivity contribution in [2.75, 3.05) is 31.1 Å². The van der Waals surface area contributed by atoms with Gasteiger partial charge in [0.25, 0.3) is 12.2 Å². The van der Waals surface area contributed by atoms with Crippen molar-refractivity contribution in [2.24, 2.45) is 0 Å². The SMILES string of the molecule is Fc1cccc(CN2CCN(c3ccc4nnc(C(F)(F)F)n4n3)CC2)c1C(F)F. The van der Waals surface area contributed by atoms with E-state index in [9.17, 15) is 26.3 Å². The lowest BCUT2D eigenvalue weighted by Gasteiger charge is -2.35. The molecular formula is C18H16F6N6. The fourth-order valence-corrected chi connectivity index (χ4v) is 3.46. The number of hydrogen-bond acceptors (Lipinski definition) is 5. The predicted octanol–water partition coefficient (Wildman–Crippen LogP) is 3.54. The Bertz CT molecular complexity index is 1040. The molecule has 0 spiro atoms. The molecule has 2 aromatic heterocycles. The molecule has 6 nitrogen and oxygen atoms in total. The number of nitrogens with zero attached hydrogens (tertiary/aromatic N) is 6. The maximum atomic E-state index is 13.7. The largest absolute Gasteiger partial charge is 0.453 e. The van der Waals surface area contributed by atoms with Gasteiger partial charge in [0.05, 0.1) is 5.56 Å². The average Bonchev–Trinajstić information content (AvgIpc) is 3.12. The highest BCUT2D eigenvalue weighted by Crippen LogP contribution is 2.29. The summed E-state index contributed by atoms with van der Waals surface area (Å²) in [6.07, 6.45) is -7.60. The molecule has 1 saturated heterocycles. The smallest absolute Gasteiger partial charge is 0.353 e. The Labute approximate surface area is 166 Å². The van der Waals surface area contributed by atoms with Crippen molar-refractivity contribution in [1.29, 1.82) is 0 Å². The van der Waals surface area contributed by atoms with Crippen molar-refractivity contribution in [3.8, 4) is 0 Å². The van der Waals surface area contributed by atoms with E-state index in [4.69, 9.17) is 0 Å². The molecule has 1 aliphatic heterocycles. The molecule has 160 valence electrons. The zero-order valence-electron chi connectivity index (χ0n) is 15.5. The van der Waals surface area contributed by atoms with Gasteiger partial charge in [-0.05, 0) is 23.8 Å². The van der Waals surface area contributed by atoms with E-state index in [0.29, 0.717) is 36.5 Å². The van der Waals surface area contributed by atoms with Crippen LogP contribution in [0.1, 0.15) is 23.4 Å². The third kappa shape index (κ3) is 3.91. The summed E-state index contributed by atoms with van der Waals surface area (Å²) in [4.78, 5) is 3.67. The zero-order chi connectivity index (χ0) is 21.5. The van der Waals surface area contributed by atoms with Crippen LogP contribution in [0.5, 0.6) is 0 Å². The van der Waals surface area contributed by atoms with Gasteiger partial charge in [-0.15, -0.1) is 15.3 Å². The van der Waals surface area contributed by atoms with E-state index in [1.807, 2.05) is 4.90 Å². The molecule has 0 radical (unpaired) electrons. The molecule has 1 fully saturated rings. The number of benzene rings is 1. The summed E-state index contributed by atoms with van der Waals surface area (Å²) in [6.45, 7) is 1.89. The number of halogens is 6. The molecule has 4 rings (SSSR count). The average molecular weight is 430 g/mol. The molecule has 0 bridgehead atoms. The highest BCUT2D eigenvalue weighted by Gasteiger charge is 2.38. The third-order valence-corrected chi connectivity index (χ3v) is 4.95. The van der Waals surface area contributed by atoms with Gasteiger partial charge in [0.2, 0.25) is 0 Å². The molecule has 0 saturated carbocycles. The standard InChI is InChI=1S/C18H16F6N6/c19-12-3-1-2-11(15(12)16(20)21)10-28-6-8-29(9-7-28)14-5-4-13-25-26-17(18(22,23)24)30(13)27-14/h1-5,16H,6-10H2. The number of fused-ring (bicyclic) bond motifs is 1. The highest BCUT2D eigenvalue weighted by molar-refractivity contribution is 5.46. The van der Waals surface area contributed by atoms with Crippen LogP contribution in [-0.2, 0) is 12.7 Å². The van der Waals surface area contributed by atoms with E-state index in [2.05, 4.69) is 15.3 Å². The second kappa shape index (κ2) is 7.74. The normalized spacial score (nSPS) is 16.0. The van der Waals surface area contributed by atoms with Gasteiger partial charge in [-0.25, -0.2) is 13.2 Å². The van der Waals surface area contributed by atoms with E-state index in [1.54, 1.807) is 11.0 Å². The number of hydrogen-bond donors (Lipinski definition) is 0. The van der Waals surface area contributed by atoms with Crippen LogP contribution in [0, 0.1) is 5.82 Å². The van der Waals surface area contributed by atoms with Crippen molar-refractivity contribution < 1.29 is 26.3 Å². The minimum absolute atomic E-state index is 0.0182. The van der Waals surface area contributed by atoms with Gasteiger partial charge < -0.3 is 4.90 Å². The summed E-state index contributed by atoms with van der Waals surface area (Å²) >= 11 is 0. The van der Waals surface area contributed by atoms with Gasteiger partial charge in [-0.2, -0.15) is 17.7 Å². The monoisotopic (exact) mass is 430 g/mol. The van der Waals surface area contributed by atoms with Crippen LogP contribution < -0.4 is 4.90 Å². The second-order valence-corrected chi connectivity index (χ2v) is 6.86. The van der Waals surface area contributed by atoms with E-state index in [1.165, 1.54) is 18.2 Å². The minimum Gasteiger partial charge on any atom is -0.353 e. The Kier molecular flexibility index (Phi) is 5.26. The summed E-state index contributed by atoms with van der Waals surface area (Å²) in [7, 11) is 0. The maximum absolute atomic E-state index is 13.7. The van der Waals surface area contributed by atoms with Crippen molar-refractivity contribution in [3.05, 3.63) is 53.1 Å². The molecule has 0 amide bonds. The zero-order valence-corrected chi connectivity index (χ0v) is 15.5. The van der Waals surface area contributed by atoms with Gasteiger partial charge in [-0.1, -0.05) is 12.1 Å². The van der Waals surface area contributed by atoms with Crippen LogP contribution in [0.15, 0.2) is 30.3 Å². The number of rotatable bonds is 4. The van der Waals surface area contributed by atoms with Crippen LogP contribution in [0.4, 0.5) is 32.2 Å². The van der Waals surface area contributed by atoms with Crippen LogP contribution in [0.2, 0.25) is 0 Å². The lowest BCUT2D eigenvalue weighted by Crippen LogP contribution is -2.46. The van der Waals surface area contributed by atoms with Gasteiger partial charge >= 0.3 is 6.18 Å². The van der Waals surface area contributed by atoms with Gasteiger partial charge in [0.15, 0.2) is 5.65 Å².